The molecule has 2 aromatic heterocycles. The zero-order chi connectivity index (χ0) is 29.2. The Morgan fingerprint density at radius 1 is 0.902 bits per heavy atom. The van der Waals surface area contributed by atoms with E-state index in [4.69, 9.17) is 8.83 Å². The Bertz CT molecular complexity index is 1610. The second-order valence-electron chi connectivity index (χ2n) is 8.77. The summed E-state index contributed by atoms with van der Waals surface area (Å²) in [6, 6.07) is 21.1. The summed E-state index contributed by atoms with van der Waals surface area (Å²) in [6.45, 7) is 1.18. The van der Waals surface area contributed by atoms with E-state index in [0.717, 1.165) is 9.87 Å². The van der Waals surface area contributed by atoms with Crippen molar-refractivity contribution in [2.75, 3.05) is 11.9 Å². The second kappa shape index (κ2) is 13.4. The topological polar surface area (TPSA) is 163 Å². The minimum Gasteiger partial charge on any atom is -0.468 e. The lowest BCUT2D eigenvalue weighted by atomic mass is 10.2. The van der Waals surface area contributed by atoms with Crippen LogP contribution in [0.5, 0.6) is 0 Å². The van der Waals surface area contributed by atoms with Gasteiger partial charge in [-0.1, -0.05) is 35.9 Å². The van der Waals surface area contributed by atoms with Crippen molar-refractivity contribution in [2.45, 2.75) is 24.9 Å². The number of nitrogens with one attached hydrogen (secondary N) is 3. The van der Waals surface area contributed by atoms with Crippen molar-refractivity contribution in [3.05, 3.63) is 108 Å². The Labute approximate surface area is 236 Å². The summed E-state index contributed by atoms with van der Waals surface area (Å²) in [6.07, 6.45) is 2.63. The highest BCUT2D eigenvalue weighted by Crippen LogP contribution is 2.18. The van der Waals surface area contributed by atoms with Crippen LogP contribution >= 0.6 is 0 Å². The second-order valence-corrected chi connectivity index (χ2v) is 10.7. The number of hydrogen-bond acceptors (Lipinski definition) is 8. The molecule has 212 valence electrons. The molecule has 0 aliphatic carbocycles. The van der Waals surface area contributed by atoms with Crippen molar-refractivity contribution in [1.82, 2.24) is 15.0 Å². The van der Waals surface area contributed by atoms with Crippen molar-refractivity contribution >= 4 is 39.6 Å². The largest absolute Gasteiger partial charge is 0.468 e. The highest BCUT2D eigenvalue weighted by molar-refractivity contribution is 7.89. The average Bonchev–Trinajstić information content (AvgIpc) is 3.65. The van der Waals surface area contributed by atoms with Crippen LogP contribution in [0.25, 0.3) is 0 Å². The number of nitrogens with zero attached hydrogens (tertiary/aromatic N) is 2. The number of hydrogen-bond donors (Lipinski definition) is 3. The van der Waals surface area contributed by atoms with Crippen LogP contribution in [0.15, 0.2) is 104 Å². The number of amides is 3. The van der Waals surface area contributed by atoms with Gasteiger partial charge in [-0.2, -0.15) is 9.41 Å². The van der Waals surface area contributed by atoms with Crippen LogP contribution in [0.3, 0.4) is 0 Å². The minimum absolute atomic E-state index is 0.0331. The molecule has 3 amide bonds. The van der Waals surface area contributed by atoms with E-state index >= 15 is 0 Å². The first-order valence-electron chi connectivity index (χ1n) is 12.3. The molecule has 0 fully saturated rings. The first-order valence-corrected chi connectivity index (χ1v) is 13.8. The van der Waals surface area contributed by atoms with Gasteiger partial charge in [0.2, 0.25) is 10.0 Å². The number of carbonyl (C=O) groups is 3. The molecular weight excluding hydrogens is 550 g/mol. The molecule has 0 bridgehead atoms. The van der Waals surface area contributed by atoms with Gasteiger partial charge in [-0.15, -0.1) is 0 Å². The number of hydrazone groups is 1. The third kappa shape index (κ3) is 8.24. The maximum absolute atomic E-state index is 13.1. The summed E-state index contributed by atoms with van der Waals surface area (Å²) in [5.74, 6) is -1.39. The summed E-state index contributed by atoms with van der Waals surface area (Å²) in [4.78, 5) is 36.8. The molecular formula is C28H27N5O7S. The van der Waals surface area contributed by atoms with Crippen molar-refractivity contribution in [3.63, 3.8) is 0 Å². The highest BCUT2D eigenvalue weighted by Gasteiger charge is 2.27. The molecule has 2 heterocycles. The van der Waals surface area contributed by atoms with Crippen LogP contribution in [0.4, 0.5) is 5.69 Å². The number of aryl methyl sites for hydroxylation is 1. The number of sulfonamides is 1. The standard InChI is InChI=1S/C28H27N5O7S/c1-20-9-11-21(12-10-20)31-28(36)27(35)29-16-22-13-14-23(40-22)17-30-32-26(34)19-33(18-24-6-5-15-39-24)41(37,38)25-7-3-2-4-8-25/h2-15,17H,16,18-19H2,1H3,(H,29,35)(H,31,36)(H,32,34)/b30-17-. The molecule has 41 heavy (non-hydrogen) atoms. The Morgan fingerprint density at radius 2 is 1.66 bits per heavy atom. The molecule has 12 nitrogen and oxygen atoms in total. The van der Waals surface area contributed by atoms with Crippen LogP contribution in [0.1, 0.15) is 22.8 Å². The SMILES string of the molecule is Cc1ccc(NC(=O)C(=O)NCc2ccc(/C=N\NC(=O)CN(Cc3ccco3)S(=O)(=O)c3ccccc3)o2)cc1. The Balaban J connectivity index is 1.29. The van der Waals surface area contributed by atoms with Crippen molar-refractivity contribution in [2.24, 2.45) is 5.10 Å². The van der Waals surface area contributed by atoms with Crippen LogP contribution < -0.4 is 16.1 Å². The van der Waals surface area contributed by atoms with Gasteiger partial charge in [0.05, 0.1) is 37.0 Å². The first-order chi connectivity index (χ1) is 19.7. The van der Waals surface area contributed by atoms with Crippen molar-refractivity contribution in [3.8, 4) is 0 Å². The van der Waals surface area contributed by atoms with Gasteiger partial charge in [-0.05, 0) is 55.5 Å². The number of rotatable bonds is 11. The van der Waals surface area contributed by atoms with Crippen molar-refractivity contribution < 1.29 is 31.6 Å². The quantitative estimate of drug-likeness (QED) is 0.140. The third-order valence-electron chi connectivity index (χ3n) is 5.62. The Hall–Kier alpha value is -5.01. The number of anilines is 1. The Morgan fingerprint density at radius 3 is 2.37 bits per heavy atom. The molecule has 0 saturated carbocycles. The zero-order valence-corrected chi connectivity index (χ0v) is 22.8. The third-order valence-corrected chi connectivity index (χ3v) is 7.42. The van der Waals surface area contributed by atoms with E-state index in [1.807, 2.05) is 19.1 Å². The lowest BCUT2D eigenvalue weighted by Gasteiger charge is -2.20. The zero-order valence-electron chi connectivity index (χ0n) is 21.9. The fourth-order valence-corrected chi connectivity index (χ4v) is 4.92. The van der Waals surface area contributed by atoms with Gasteiger partial charge in [0.1, 0.15) is 17.3 Å². The molecule has 0 aliphatic rings. The molecule has 4 aromatic rings. The smallest absolute Gasteiger partial charge is 0.313 e. The molecule has 13 heteroatoms. The summed E-state index contributed by atoms with van der Waals surface area (Å²) >= 11 is 0. The van der Waals surface area contributed by atoms with Gasteiger partial charge in [0.15, 0.2) is 0 Å². The van der Waals surface area contributed by atoms with Crippen LogP contribution in [0.2, 0.25) is 0 Å². The summed E-state index contributed by atoms with van der Waals surface area (Å²) < 4.78 is 38.1. The molecule has 3 N–H and O–H groups in total. The number of benzene rings is 2. The van der Waals surface area contributed by atoms with Crippen LogP contribution in [0, 0.1) is 6.92 Å². The summed E-state index contributed by atoms with van der Waals surface area (Å²) in [5, 5.41) is 8.78. The molecule has 0 unspecified atom stereocenters. The molecule has 0 aliphatic heterocycles. The van der Waals surface area contributed by atoms with Gasteiger partial charge in [-0.25, -0.2) is 13.8 Å². The van der Waals surface area contributed by atoms with E-state index in [2.05, 4.69) is 21.2 Å². The number of furan rings is 2. The maximum atomic E-state index is 13.1. The summed E-state index contributed by atoms with van der Waals surface area (Å²) in [5.41, 5.74) is 3.79. The van der Waals surface area contributed by atoms with Gasteiger partial charge in [-0.3, -0.25) is 14.4 Å². The van der Waals surface area contributed by atoms with E-state index in [0.29, 0.717) is 17.2 Å². The van der Waals surface area contributed by atoms with Gasteiger partial charge in [0, 0.05) is 5.69 Å². The van der Waals surface area contributed by atoms with E-state index in [9.17, 15) is 22.8 Å². The normalized spacial score (nSPS) is 11.5. The van der Waals surface area contributed by atoms with Gasteiger partial charge in [0.25, 0.3) is 5.91 Å². The minimum atomic E-state index is -4.01. The Kier molecular flexibility index (Phi) is 9.45. The van der Waals surface area contributed by atoms with Crippen molar-refractivity contribution in [1.29, 1.82) is 0 Å². The summed E-state index contributed by atoms with van der Waals surface area (Å²) in [7, 11) is -4.01. The maximum Gasteiger partial charge on any atom is 0.313 e. The molecule has 4 rings (SSSR count). The molecule has 2 aromatic carbocycles. The predicted molar refractivity (Wildman–Crippen MR) is 149 cm³/mol. The average molecular weight is 578 g/mol. The van der Waals surface area contributed by atoms with Gasteiger partial charge < -0.3 is 19.5 Å². The first kappa shape index (κ1) is 29.0. The molecule has 0 spiro atoms. The van der Waals surface area contributed by atoms with E-state index in [-0.39, 0.29) is 23.7 Å². The van der Waals surface area contributed by atoms with Crippen LogP contribution in [-0.4, -0.2) is 43.2 Å². The fraction of sp³-hybridized carbons (Fsp3) is 0.143. The van der Waals surface area contributed by atoms with Gasteiger partial charge >= 0.3 is 11.8 Å². The lowest BCUT2D eigenvalue weighted by Crippen LogP contribution is -2.38. The van der Waals surface area contributed by atoms with Crippen LogP contribution in [-0.2, 0) is 37.5 Å². The monoisotopic (exact) mass is 577 g/mol. The van der Waals surface area contributed by atoms with E-state index in [1.54, 1.807) is 54.6 Å². The lowest BCUT2D eigenvalue weighted by molar-refractivity contribution is -0.136. The molecule has 0 atom stereocenters. The molecule has 0 saturated heterocycles. The fourth-order valence-electron chi connectivity index (χ4n) is 3.54. The van der Waals surface area contributed by atoms with E-state index < -0.39 is 34.3 Å². The van der Waals surface area contributed by atoms with E-state index in [1.165, 1.54) is 24.6 Å². The number of carbonyl (C=O) groups excluding carboxylic acids is 3. The predicted octanol–water partition coefficient (Wildman–Crippen LogP) is 2.78. The molecule has 0 radical (unpaired) electrons. The highest BCUT2D eigenvalue weighted by atomic mass is 32.2.